The smallest absolute Gasteiger partial charge is 0.490 e. The molecule has 9 aromatic rings. The van der Waals surface area contributed by atoms with E-state index in [2.05, 4.69) is 68.7 Å². The quantitative estimate of drug-likeness (QED) is 0.0225. The first kappa shape index (κ1) is 111. The number of rotatable bonds is 32. The molecule has 28 nitrogen and oxygen atoms in total. The van der Waals surface area contributed by atoms with Crippen molar-refractivity contribution in [3.63, 3.8) is 0 Å². The maximum Gasteiger partial charge on any atom is 0.490 e. The van der Waals surface area contributed by atoms with E-state index in [1.54, 1.807) is 62.8 Å². The van der Waals surface area contributed by atoms with Crippen LogP contribution >= 0.6 is 27.3 Å². The molecular formula is C114H143BBrN9O19S2. The second-order valence-electron chi connectivity index (χ2n) is 40.7. The number of alkyl carbamates (subject to hydrolysis) is 2. The molecule has 7 amide bonds. The van der Waals surface area contributed by atoms with Gasteiger partial charge >= 0.3 is 31.5 Å². The standard InChI is InChI=1S/C38H45N3O6.C32H41N3O5S2.C28H29BrN2O4.C16H28BNO4/c1-26-23-29(16-17-34(26)45-5)33(15-10-20-39-36(43)46-25-27-11-7-6-8-12-27)41-24-32-30(13-9-14-31(32)35(41)42)28-18-21-40(22-19-28)37(44)47-38(2,3)4;1-5-34-18-15-23(16-19-34)25-9-6-10-26-27(25)22-35(32(26)36)28(24-13-14-29(39-3)30(21-24)40-4)11-7-17-33(2)42(37,38)31-12-8-20-41-31;1-19-16-21(13-14-26(19)34-2)25(31-17-23-22(27(31)32)10-6-11-24(23)29)12-7-15-30-28(33)35-18-20-8-4-3-5-9-20;1-14(2,3)20-13(19)18-10-8-12(9-11-18)17-21-15(4,5)16(6,7)22-17/h6-9,11-14,16-18,23,33H,10,15,19-22,24-25H2,1-5H3,(H,39,43);6,8-10,12-14,20-21,23,28H,5,7,11,15-19,22H2,1-4H3;3-6,8-11,13-14,16,25H,7,12,15,17-18H2,1-2H3,(H,30,33);8H,9-11H2,1-7H3/t33-;28-;25-;/m111./s1. The maximum absolute atomic E-state index is 14.0. The minimum atomic E-state index is -3.54. The highest BCUT2D eigenvalue weighted by molar-refractivity contribution is 9.10. The van der Waals surface area contributed by atoms with Gasteiger partial charge in [0.1, 0.15) is 40.1 Å². The van der Waals surface area contributed by atoms with Gasteiger partial charge < -0.3 is 87.2 Å². The fraction of sp³-hybridized carbons (Fsp3) is 0.447. The van der Waals surface area contributed by atoms with E-state index in [4.69, 9.17) is 47.2 Å². The Hall–Kier alpha value is -12.0. The summed E-state index contributed by atoms with van der Waals surface area (Å²) in [7, 11) is 4.27. The van der Waals surface area contributed by atoms with Gasteiger partial charge in [0, 0.05) is 93.7 Å². The Morgan fingerprint density at radius 1 is 0.521 bits per heavy atom. The molecule has 2 fully saturated rings. The average molecular weight is 2100 g/mol. The number of sulfonamides is 1. The molecule has 0 bridgehead atoms. The molecule has 0 unspecified atom stereocenters. The number of amides is 7. The molecule has 146 heavy (non-hydrogen) atoms. The minimum Gasteiger partial charge on any atom is -0.496 e. The summed E-state index contributed by atoms with van der Waals surface area (Å²) in [6.45, 7) is 34.2. The number of nitrogens with one attached hydrogen (secondary N) is 2. The van der Waals surface area contributed by atoms with Gasteiger partial charge in [-0.1, -0.05) is 162 Å². The van der Waals surface area contributed by atoms with Crippen LogP contribution in [-0.2, 0) is 71.1 Å². The average Bonchev–Trinajstić information content (AvgIpc) is 1.67. The zero-order valence-corrected chi connectivity index (χ0v) is 90.9. The zero-order valence-electron chi connectivity index (χ0n) is 87.7. The number of aryl methyl sites for hydroxylation is 2. The van der Waals surface area contributed by atoms with Crippen molar-refractivity contribution in [3.05, 3.63) is 293 Å². The van der Waals surface area contributed by atoms with Crippen LogP contribution in [0.1, 0.15) is 262 Å². The molecule has 0 radical (unpaired) electrons. The number of hydrogen-bond acceptors (Lipinski definition) is 21. The number of piperidine rings is 1. The fourth-order valence-electron chi connectivity index (χ4n) is 19.3. The Morgan fingerprint density at radius 3 is 1.42 bits per heavy atom. The third-order valence-electron chi connectivity index (χ3n) is 28.0. The van der Waals surface area contributed by atoms with Gasteiger partial charge in [0.15, 0.2) is 11.5 Å². The molecule has 16 rings (SSSR count). The number of likely N-dealkylation sites (tertiary alicyclic amines) is 1. The largest absolute Gasteiger partial charge is 0.496 e. The lowest BCUT2D eigenvalue weighted by atomic mass is 9.75. The topological polar surface area (TPSA) is 293 Å². The van der Waals surface area contributed by atoms with Crippen molar-refractivity contribution in [1.29, 1.82) is 0 Å². The molecule has 7 aliphatic heterocycles. The molecule has 2 saturated heterocycles. The summed E-state index contributed by atoms with van der Waals surface area (Å²) >= 11 is 4.81. The van der Waals surface area contributed by atoms with Gasteiger partial charge in [-0.15, -0.1) is 11.3 Å². The van der Waals surface area contributed by atoms with Crippen molar-refractivity contribution in [1.82, 2.24) is 44.3 Å². The molecule has 32 heteroatoms. The van der Waals surface area contributed by atoms with Crippen LogP contribution in [0.15, 0.2) is 214 Å². The predicted molar refractivity (Wildman–Crippen MR) is 572 cm³/mol. The summed E-state index contributed by atoms with van der Waals surface area (Å²) in [5.41, 5.74) is 15.2. The highest BCUT2D eigenvalue weighted by atomic mass is 79.9. The lowest BCUT2D eigenvalue weighted by molar-refractivity contribution is 0.00578. The first-order valence-corrected chi connectivity index (χ1v) is 53.6. The Morgan fingerprint density at radius 2 is 0.966 bits per heavy atom. The number of fused-ring (bicyclic) bond motifs is 3. The first-order valence-electron chi connectivity index (χ1n) is 50.5. The van der Waals surface area contributed by atoms with Gasteiger partial charge in [-0.25, -0.2) is 31.9 Å². The molecular weight excluding hydrogens is 1950 g/mol. The number of halogens is 1. The van der Waals surface area contributed by atoms with Gasteiger partial charge in [0.05, 0.1) is 57.8 Å². The molecule has 8 aromatic carbocycles. The fourth-order valence-corrected chi connectivity index (χ4v) is 22.2. The van der Waals surface area contributed by atoms with Crippen LogP contribution in [0.25, 0.3) is 5.57 Å². The van der Waals surface area contributed by atoms with Crippen LogP contribution in [-0.4, -0.2) is 215 Å². The van der Waals surface area contributed by atoms with Crippen LogP contribution in [0.2, 0.25) is 0 Å². The van der Waals surface area contributed by atoms with Gasteiger partial charge in [-0.2, -0.15) is 0 Å². The number of hydrogen-bond donors (Lipinski definition) is 2. The summed E-state index contributed by atoms with van der Waals surface area (Å²) in [6.07, 6.45) is 10.1. The number of thiophene rings is 1. The Balaban J connectivity index is 0.000000168. The summed E-state index contributed by atoms with van der Waals surface area (Å²) < 4.78 is 84.5. The van der Waals surface area contributed by atoms with E-state index in [1.165, 1.54) is 21.2 Å². The van der Waals surface area contributed by atoms with E-state index in [9.17, 15) is 42.0 Å². The van der Waals surface area contributed by atoms with Crippen LogP contribution in [0.3, 0.4) is 0 Å². The van der Waals surface area contributed by atoms with E-state index in [1.807, 2.05) is 249 Å². The van der Waals surface area contributed by atoms with E-state index >= 15 is 0 Å². The van der Waals surface area contributed by atoms with E-state index in [0.29, 0.717) is 138 Å². The molecule has 8 heterocycles. The van der Waals surface area contributed by atoms with Crippen molar-refractivity contribution < 1.29 is 89.2 Å². The maximum atomic E-state index is 14.0. The third kappa shape index (κ3) is 28.3. The van der Waals surface area contributed by atoms with Crippen molar-refractivity contribution in [2.45, 2.75) is 238 Å². The van der Waals surface area contributed by atoms with E-state index in [-0.39, 0.29) is 79.6 Å². The molecule has 0 saturated carbocycles. The Bertz CT molecular complexity index is 6210. The molecule has 0 spiro atoms. The summed E-state index contributed by atoms with van der Waals surface area (Å²) in [5.74, 6) is 3.32. The Kier molecular flexibility index (Phi) is 38.2. The minimum absolute atomic E-state index is 0.0117. The second kappa shape index (κ2) is 50.1. The second-order valence-corrected chi connectivity index (χ2v) is 44.8. The number of methoxy groups -OCH3 is 4. The van der Waals surface area contributed by atoms with Crippen molar-refractivity contribution in [2.75, 3.05) is 101 Å². The molecule has 0 aliphatic carbocycles. The van der Waals surface area contributed by atoms with Crippen LogP contribution in [0.5, 0.6) is 23.0 Å². The predicted octanol–water partition coefficient (Wildman–Crippen LogP) is 22.5. The van der Waals surface area contributed by atoms with E-state index < -0.39 is 33.4 Å². The van der Waals surface area contributed by atoms with Crippen LogP contribution < -0.4 is 29.6 Å². The number of ether oxygens (including phenoxy) is 8. The molecule has 2 N–H and O–H groups in total. The van der Waals surface area contributed by atoms with Gasteiger partial charge in [-0.3, -0.25) is 14.4 Å². The van der Waals surface area contributed by atoms with Crippen molar-refractivity contribution >= 4 is 92.1 Å². The van der Waals surface area contributed by atoms with Gasteiger partial charge in [-0.05, 0) is 311 Å². The SMILES string of the molecule is CC(C)(C)OC(=O)N1CC=C(B2OC(C)(C)C(C)(C)O2)CC1.CCN1CCC(c2cccc3c2CN([C@H](CCCN(C)S(=O)(=O)c2cccs2)c2ccc(OC)c(OC)c2)C3=O)CC1.COc1ccc([C@@H](CCCNC(=O)OCc2ccccc2)N2Cc3c(Br)cccc3C2=O)cc1C.COc1ccc([C@@H](CCCNC(=O)OCc2ccccc2)N2Cc3c(cccc3C3=CCN(C(=O)OC(C)(C)C)CC3)C2=O)cc1C. The van der Waals surface area contributed by atoms with Crippen molar-refractivity contribution in [2.24, 2.45) is 0 Å². The molecule has 3 atom stereocenters. The normalized spacial score (nSPS) is 16.6. The highest BCUT2D eigenvalue weighted by Crippen LogP contribution is 2.46. The number of nitrogens with zero attached hydrogens (tertiary/aromatic N) is 7. The highest BCUT2D eigenvalue weighted by Gasteiger charge is 2.53. The molecule has 7 aliphatic rings. The summed E-state index contributed by atoms with van der Waals surface area (Å²) in [4.78, 5) is 102. The lowest BCUT2D eigenvalue weighted by Crippen LogP contribution is -2.41. The number of carbonyl (C=O) groups excluding carboxylic acids is 7. The third-order valence-corrected chi connectivity index (χ3v) is 32.0. The number of carbonyl (C=O) groups is 7. The van der Waals surface area contributed by atoms with E-state index in [0.717, 1.165) is 138 Å². The van der Waals surface area contributed by atoms with Gasteiger partial charge in [0.25, 0.3) is 27.7 Å². The zero-order chi connectivity index (χ0) is 105. The monoisotopic (exact) mass is 2100 g/mol. The lowest BCUT2D eigenvalue weighted by Gasteiger charge is -2.32. The molecule has 1 aromatic heterocycles. The van der Waals surface area contributed by atoms with Crippen LogP contribution in [0.4, 0.5) is 19.2 Å². The van der Waals surface area contributed by atoms with Crippen LogP contribution in [0, 0.1) is 13.8 Å². The van der Waals surface area contributed by atoms with Gasteiger partial charge in [0.2, 0.25) is 0 Å². The van der Waals surface area contributed by atoms with Crippen molar-refractivity contribution in [3.8, 4) is 23.0 Å². The summed E-state index contributed by atoms with van der Waals surface area (Å²) in [5, 5.41) is 7.45. The Labute approximate surface area is 874 Å². The molecule has 780 valence electrons. The summed E-state index contributed by atoms with van der Waals surface area (Å²) in [6, 6.07) is 57.6. The number of benzene rings is 8. The first-order chi connectivity index (χ1) is 69.7.